The summed E-state index contributed by atoms with van der Waals surface area (Å²) < 4.78 is 24.0. The molecule has 2 aromatic carbocycles. The van der Waals surface area contributed by atoms with Crippen molar-refractivity contribution in [3.05, 3.63) is 65.5 Å². The van der Waals surface area contributed by atoms with Crippen LogP contribution in [0.4, 0.5) is 4.39 Å². The Morgan fingerprint density at radius 2 is 1.70 bits per heavy atom. The van der Waals surface area contributed by atoms with Gasteiger partial charge < -0.3 is 20.1 Å². The van der Waals surface area contributed by atoms with Gasteiger partial charge in [-0.15, -0.1) is 0 Å². The Balaban J connectivity index is 1.68. The molecule has 0 aromatic heterocycles. The molecule has 1 aliphatic heterocycles. The van der Waals surface area contributed by atoms with Gasteiger partial charge in [-0.05, 0) is 47.9 Å². The Hall–Kier alpha value is -2.97. The van der Waals surface area contributed by atoms with Crippen molar-refractivity contribution in [1.29, 1.82) is 0 Å². The van der Waals surface area contributed by atoms with Crippen LogP contribution in [-0.4, -0.2) is 62.7 Å². The first-order valence-corrected chi connectivity index (χ1v) is 11.2. The second-order valence-corrected chi connectivity index (χ2v) is 8.38. The number of amides is 2. The topological polar surface area (TPSA) is 79.9 Å². The standard InChI is InChI=1S/C25H32FN3O4/c1-17(2)23(28-24(30)19-6-10-21(32-3)11-7-19)25(31)27-16-22(29-12-14-33-15-13-29)18-4-8-20(26)9-5-18/h4-11,17,22-23H,12-16H2,1-3H3,(H,27,31)(H,28,30)/t22-,23-/m1/s1. The number of carbonyl (C=O) groups excluding carboxylic acids is 2. The number of rotatable bonds is 9. The minimum absolute atomic E-state index is 0.111. The summed E-state index contributed by atoms with van der Waals surface area (Å²) in [6.45, 7) is 6.78. The summed E-state index contributed by atoms with van der Waals surface area (Å²) in [5.41, 5.74) is 1.37. The average molecular weight is 458 g/mol. The summed E-state index contributed by atoms with van der Waals surface area (Å²) in [7, 11) is 1.56. The van der Waals surface area contributed by atoms with Crippen LogP contribution in [0, 0.1) is 11.7 Å². The highest BCUT2D eigenvalue weighted by Crippen LogP contribution is 2.22. The van der Waals surface area contributed by atoms with Crippen molar-refractivity contribution in [1.82, 2.24) is 15.5 Å². The smallest absolute Gasteiger partial charge is 0.251 e. The molecule has 0 saturated carbocycles. The summed E-state index contributed by atoms with van der Waals surface area (Å²) in [5.74, 6) is -0.342. The van der Waals surface area contributed by atoms with Crippen LogP contribution in [0.25, 0.3) is 0 Å². The Bertz CT molecular complexity index is 912. The molecule has 178 valence electrons. The van der Waals surface area contributed by atoms with Crippen LogP contribution in [0.5, 0.6) is 5.75 Å². The molecule has 0 bridgehead atoms. The number of ether oxygens (including phenoxy) is 2. The molecule has 0 unspecified atom stereocenters. The minimum atomic E-state index is -0.696. The Morgan fingerprint density at radius 1 is 1.06 bits per heavy atom. The molecule has 1 heterocycles. The summed E-state index contributed by atoms with van der Waals surface area (Å²) in [5, 5.41) is 5.85. The van der Waals surface area contributed by atoms with Crippen LogP contribution < -0.4 is 15.4 Å². The lowest BCUT2D eigenvalue weighted by molar-refractivity contribution is -0.124. The van der Waals surface area contributed by atoms with Crippen LogP contribution >= 0.6 is 0 Å². The number of methoxy groups -OCH3 is 1. The molecule has 2 amide bonds. The fourth-order valence-corrected chi connectivity index (χ4v) is 3.84. The number of morpholine rings is 1. The Kier molecular flexibility index (Phi) is 8.79. The number of hydrogen-bond acceptors (Lipinski definition) is 5. The second-order valence-electron chi connectivity index (χ2n) is 8.38. The SMILES string of the molecule is COc1ccc(C(=O)N[C@@H](C(=O)NC[C@H](c2ccc(F)cc2)N2CCOCC2)C(C)C)cc1. The molecule has 33 heavy (non-hydrogen) atoms. The molecule has 1 saturated heterocycles. The van der Waals surface area contributed by atoms with Gasteiger partial charge in [0.05, 0.1) is 26.4 Å². The first-order valence-electron chi connectivity index (χ1n) is 11.2. The van der Waals surface area contributed by atoms with Crippen molar-refractivity contribution >= 4 is 11.8 Å². The monoisotopic (exact) mass is 457 g/mol. The molecule has 1 fully saturated rings. The molecule has 2 atom stereocenters. The van der Waals surface area contributed by atoms with Crippen molar-refractivity contribution in [3.63, 3.8) is 0 Å². The first-order chi connectivity index (χ1) is 15.9. The highest BCUT2D eigenvalue weighted by molar-refractivity contribution is 5.97. The molecule has 0 spiro atoms. The quantitative estimate of drug-likeness (QED) is 0.605. The molecule has 2 aromatic rings. The number of benzene rings is 2. The first kappa shape index (κ1) is 24.7. The largest absolute Gasteiger partial charge is 0.497 e. The summed E-state index contributed by atoms with van der Waals surface area (Å²) in [6, 6.07) is 12.2. The molecule has 1 aliphatic rings. The van der Waals surface area contributed by atoms with E-state index in [1.807, 2.05) is 13.8 Å². The van der Waals surface area contributed by atoms with Crippen LogP contribution in [0.2, 0.25) is 0 Å². The van der Waals surface area contributed by atoms with Crippen LogP contribution in [0.15, 0.2) is 48.5 Å². The van der Waals surface area contributed by atoms with Gasteiger partial charge in [0.1, 0.15) is 17.6 Å². The van der Waals surface area contributed by atoms with Crippen molar-refractivity contribution < 1.29 is 23.5 Å². The van der Waals surface area contributed by atoms with Gasteiger partial charge in [0.25, 0.3) is 5.91 Å². The Morgan fingerprint density at radius 3 is 2.27 bits per heavy atom. The van der Waals surface area contributed by atoms with E-state index in [9.17, 15) is 14.0 Å². The number of nitrogens with one attached hydrogen (secondary N) is 2. The van der Waals surface area contributed by atoms with Gasteiger partial charge in [-0.1, -0.05) is 26.0 Å². The molecule has 8 heteroatoms. The second kappa shape index (κ2) is 11.8. The maximum Gasteiger partial charge on any atom is 0.251 e. The number of carbonyl (C=O) groups is 2. The zero-order valence-corrected chi connectivity index (χ0v) is 19.3. The highest BCUT2D eigenvalue weighted by atomic mass is 19.1. The van der Waals surface area contributed by atoms with Gasteiger partial charge in [-0.3, -0.25) is 14.5 Å². The fourth-order valence-electron chi connectivity index (χ4n) is 3.84. The van der Waals surface area contributed by atoms with E-state index in [4.69, 9.17) is 9.47 Å². The maximum atomic E-state index is 13.5. The predicted molar refractivity (Wildman–Crippen MR) is 124 cm³/mol. The van der Waals surface area contributed by atoms with Crippen molar-refractivity contribution in [2.75, 3.05) is 40.0 Å². The summed E-state index contributed by atoms with van der Waals surface area (Å²) >= 11 is 0. The third-order valence-electron chi connectivity index (χ3n) is 5.80. The van der Waals surface area contributed by atoms with Gasteiger partial charge in [0.2, 0.25) is 5.91 Å². The third kappa shape index (κ3) is 6.76. The molecular formula is C25H32FN3O4. The van der Waals surface area contributed by atoms with Gasteiger partial charge in [-0.25, -0.2) is 4.39 Å². The van der Waals surface area contributed by atoms with Gasteiger partial charge in [0.15, 0.2) is 0 Å². The minimum Gasteiger partial charge on any atom is -0.497 e. The van der Waals surface area contributed by atoms with Crippen LogP contribution in [-0.2, 0) is 9.53 Å². The maximum absolute atomic E-state index is 13.5. The average Bonchev–Trinajstić information content (AvgIpc) is 2.84. The lowest BCUT2D eigenvalue weighted by atomic mass is 10.0. The molecule has 2 N–H and O–H groups in total. The number of hydrogen-bond donors (Lipinski definition) is 2. The van der Waals surface area contributed by atoms with Gasteiger partial charge in [-0.2, -0.15) is 0 Å². The lowest BCUT2D eigenvalue weighted by Gasteiger charge is -2.35. The molecular weight excluding hydrogens is 425 g/mol. The van der Waals surface area contributed by atoms with Gasteiger partial charge >= 0.3 is 0 Å². The normalized spacial score (nSPS) is 16.2. The van der Waals surface area contributed by atoms with E-state index in [0.29, 0.717) is 31.1 Å². The van der Waals surface area contributed by atoms with Crippen LogP contribution in [0.3, 0.4) is 0 Å². The molecule has 3 rings (SSSR count). The van der Waals surface area contributed by atoms with Crippen LogP contribution in [0.1, 0.15) is 35.8 Å². The van der Waals surface area contributed by atoms with Crippen molar-refractivity contribution in [2.45, 2.75) is 25.9 Å². The summed E-state index contributed by atoms with van der Waals surface area (Å²) in [6.07, 6.45) is 0. The highest BCUT2D eigenvalue weighted by Gasteiger charge is 2.28. The third-order valence-corrected chi connectivity index (χ3v) is 5.80. The predicted octanol–water partition coefficient (Wildman–Crippen LogP) is 2.78. The van der Waals surface area contributed by atoms with Crippen molar-refractivity contribution in [3.8, 4) is 5.75 Å². The van der Waals surface area contributed by atoms with E-state index < -0.39 is 6.04 Å². The van der Waals surface area contributed by atoms with E-state index >= 15 is 0 Å². The molecule has 0 radical (unpaired) electrons. The van der Waals surface area contributed by atoms with E-state index in [2.05, 4.69) is 15.5 Å². The zero-order valence-electron chi connectivity index (χ0n) is 19.3. The zero-order chi connectivity index (χ0) is 23.8. The number of halogens is 1. The lowest BCUT2D eigenvalue weighted by Crippen LogP contribution is -2.52. The summed E-state index contributed by atoms with van der Waals surface area (Å²) in [4.78, 5) is 28.0. The van der Waals surface area contributed by atoms with E-state index in [0.717, 1.165) is 18.7 Å². The molecule has 7 nitrogen and oxygen atoms in total. The van der Waals surface area contributed by atoms with E-state index in [1.165, 1.54) is 12.1 Å². The molecule has 0 aliphatic carbocycles. The van der Waals surface area contributed by atoms with Crippen molar-refractivity contribution in [2.24, 2.45) is 5.92 Å². The number of nitrogens with zero attached hydrogens (tertiary/aromatic N) is 1. The van der Waals surface area contributed by atoms with E-state index in [-0.39, 0.29) is 29.6 Å². The van der Waals surface area contributed by atoms with Gasteiger partial charge in [0, 0.05) is 25.2 Å². The van der Waals surface area contributed by atoms with E-state index in [1.54, 1.807) is 43.5 Å². The Labute approximate surface area is 194 Å². The fraction of sp³-hybridized carbons (Fsp3) is 0.440.